The van der Waals surface area contributed by atoms with Crippen molar-refractivity contribution >= 4 is 23.2 Å². The van der Waals surface area contributed by atoms with Crippen molar-refractivity contribution in [2.75, 3.05) is 6.54 Å². The minimum atomic E-state index is -0.627. The molecule has 23 heavy (non-hydrogen) atoms. The molecule has 0 saturated carbocycles. The molecule has 0 bridgehead atoms. The SMILES string of the molecule is Cc1cccn2cc(CCNC(=O)c3c(F)cccc3Cl)nc12. The van der Waals surface area contributed by atoms with Crippen LogP contribution in [0.5, 0.6) is 0 Å². The predicted octanol–water partition coefficient (Wildman–Crippen LogP) is 3.41. The van der Waals surface area contributed by atoms with Gasteiger partial charge in [-0.05, 0) is 30.7 Å². The van der Waals surface area contributed by atoms with Crippen LogP contribution in [-0.2, 0) is 6.42 Å². The Hall–Kier alpha value is -2.40. The van der Waals surface area contributed by atoms with Crippen LogP contribution in [0.15, 0.2) is 42.7 Å². The van der Waals surface area contributed by atoms with Crippen LogP contribution in [-0.4, -0.2) is 21.8 Å². The van der Waals surface area contributed by atoms with Crippen LogP contribution in [0.25, 0.3) is 5.65 Å². The Bertz CT molecular complexity index is 855. The molecule has 1 amide bonds. The van der Waals surface area contributed by atoms with E-state index in [0.717, 1.165) is 16.9 Å². The van der Waals surface area contributed by atoms with Gasteiger partial charge in [0.1, 0.15) is 11.5 Å². The molecule has 0 aliphatic carbocycles. The number of halogens is 2. The number of benzene rings is 1. The van der Waals surface area contributed by atoms with Gasteiger partial charge in [-0.3, -0.25) is 4.79 Å². The average Bonchev–Trinajstić information content (AvgIpc) is 2.91. The molecule has 3 aromatic rings. The summed E-state index contributed by atoms with van der Waals surface area (Å²) in [4.78, 5) is 16.6. The van der Waals surface area contributed by atoms with E-state index in [1.165, 1.54) is 18.2 Å². The Morgan fingerprint density at radius 1 is 1.35 bits per heavy atom. The third-order valence-corrected chi connectivity index (χ3v) is 3.90. The number of nitrogens with one attached hydrogen (secondary N) is 1. The van der Waals surface area contributed by atoms with Gasteiger partial charge < -0.3 is 9.72 Å². The second kappa shape index (κ2) is 6.38. The molecule has 6 heteroatoms. The Balaban J connectivity index is 1.66. The zero-order valence-electron chi connectivity index (χ0n) is 12.5. The lowest BCUT2D eigenvalue weighted by molar-refractivity contribution is 0.0950. The zero-order valence-corrected chi connectivity index (χ0v) is 13.3. The fourth-order valence-corrected chi connectivity index (χ4v) is 2.68. The number of hydrogen-bond donors (Lipinski definition) is 1. The largest absolute Gasteiger partial charge is 0.352 e. The summed E-state index contributed by atoms with van der Waals surface area (Å²) in [7, 11) is 0. The second-order valence-corrected chi connectivity index (χ2v) is 5.66. The van der Waals surface area contributed by atoms with E-state index in [1.807, 2.05) is 35.9 Å². The number of hydrogen-bond acceptors (Lipinski definition) is 2. The zero-order chi connectivity index (χ0) is 16.4. The van der Waals surface area contributed by atoms with Crippen LogP contribution in [0.1, 0.15) is 21.6 Å². The number of amides is 1. The van der Waals surface area contributed by atoms with E-state index in [1.54, 1.807) is 0 Å². The van der Waals surface area contributed by atoms with Crippen LogP contribution in [0.2, 0.25) is 5.02 Å². The van der Waals surface area contributed by atoms with Crippen molar-refractivity contribution in [3.63, 3.8) is 0 Å². The van der Waals surface area contributed by atoms with Crippen molar-refractivity contribution < 1.29 is 9.18 Å². The topological polar surface area (TPSA) is 46.4 Å². The monoisotopic (exact) mass is 331 g/mol. The molecule has 0 spiro atoms. The third kappa shape index (κ3) is 3.19. The lowest BCUT2D eigenvalue weighted by Crippen LogP contribution is -2.27. The summed E-state index contributed by atoms with van der Waals surface area (Å²) in [5.74, 6) is -1.15. The van der Waals surface area contributed by atoms with Gasteiger partial charge in [-0.25, -0.2) is 9.37 Å². The van der Waals surface area contributed by atoms with Gasteiger partial charge in [-0.2, -0.15) is 0 Å². The standard InChI is InChI=1S/C17H15ClFN3O/c1-11-4-3-9-22-10-12(21-16(11)22)7-8-20-17(23)15-13(18)5-2-6-14(15)19/h2-6,9-10H,7-8H2,1H3,(H,20,23). The first-order chi connectivity index (χ1) is 11.1. The highest BCUT2D eigenvalue weighted by atomic mass is 35.5. The summed E-state index contributed by atoms with van der Waals surface area (Å²) in [5, 5.41) is 2.78. The van der Waals surface area contributed by atoms with Crippen LogP contribution in [0, 0.1) is 12.7 Å². The lowest BCUT2D eigenvalue weighted by Gasteiger charge is -2.06. The maximum absolute atomic E-state index is 13.7. The summed E-state index contributed by atoms with van der Waals surface area (Å²) in [6.07, 6.45) is 4.40. The molecule has 1 N–H and O–H groups in total. The molecule has 0 saturated heterocycles. The molecule has 2 heterocycles. The summed E-state index contributed by atoms with van der Waals surface area (Å²) < 4.78 is 15.6. The van der Waals surface area contributed by atoms with E-state index < -0.39 is 11.7 Å². The van der Waals surface area contributed by atoms with Crippen molar-refractivity contribution in [2.24, 2.45) is 0 Å². The molecule has 1 aromatic carbocycles. The first kappa shape index (κ1) is 15.5. The van der Waals surface area contributed by atoms with Gasteiger partial charge in [0, 0.05) is 25.4 Å². The quantitative estimate of drug-likeness (QED) is 0.796. The molecule has 0 radical (unpaired) electrons. The van der Waals surface area contributed by atoms with Gasteiger partial charge in [0.05, 0.1) is 16.3 Å². The molecular weight excluding hydrogens is 317 g/mol. The van der Waals surface area contributed by atoms with Gasteiger partial charge in [0.15, 0.2) is 0 Å². The number of rotatable bonds is 4. The molecule has 0 fully saturated rings. The highest BCUT2D eigenvalue weighted by Gasteiger charge is 2.15. The molecule has 3 rings (SSSR count). The summed E-state index contributed by atoms with van der Waals surface area (Å²) in [6.45, 7) is 2.35. The van der Waals surface area contributed by atoms with Crippen LogP contribution in [0.3, 0.4) is 0 Å². The van der Waals surface area contributed by atoms with Gasteiger partial charge >= 0.3 is 0 Å². The summed E-state index contributed by atoms with van der Waals surface area (Å²) >= 11 is 5.87. The van der Waals surface area contributed by atoms with Crippen molar-refractivity contribution in [1.29, 1.82) is 0 Å². The van der Waals surface area contributed by atoms with Crippen molar-refractivity contribution in [2.45, 2.75) is 13.3 Å². The second-order valence-electron chi connectivity index (χ2n) is 5.26. The third-order valence-electron chi connectivity index (χ3n) is 3.58. The van der Waals surface area contributed by atoms with Crippen LogP contribution >= 0.6 is 11.6 Å². The van der Waals surface area contributed by atoms with Crippen LogP contribution in [0.4, 0.5) is 4.39 Å². The molecular formula is C17H15ClFN3O. The van der Waals surface area contributed by atoms with E-state index >= 15 is 0 Å². The Labute approximate surface area is 137 Å². The van der Waals surface area contributed by atoms with E-state index in [9.17, 15) is 9.18 Å². The Morgan fingerprint density at radius 2 is 2.17 bits per heavy atom. The van der Waals surface area contributed by atoms with E-state index in [4.69, 9.17) is 11.6 Å². The molecule has 4 nitrogen and oxygen atoms in total. The van der Waals surface area contributed by atoms with E-state index in [0.29, 0.717) is 13.0 Å². The smallest absolute Gasteiger partial charge is 0.255 e. The van der Waals surface area contributed by atoms with E-state index in [2.05, 4.69) is 10.3 Å². The number of carbonyl (C=O) groups is 1. The number of carbonyl (C=O) groups excluding carboxylic acids is 1. The van der Waals surface area contributed by atoms with Gasteiger partial charge in [-0.15, -0.1) is 0 Å². The molecule has 0 aliphatic rings. The van der Waals surface area contributed by atoms with Gasteiger partial charge in [-0.1, -0.05) is 23.7 Å². The minimum Gasteiger partial charge on any atom is -0.352 e. The first-order valence-corrected chi connectivity index (χ1v) is 7.59. The van der Waals surface area contributed by atoms with Crippen molar-refractivity contribution in [1.82, 2.24) is 14.7 Å². The number of aryl methyl sites for hydroxylation is 1. The fraction of sp³-hybridized carbons (Fsp3) is 0.176. The minimum absolute atomic E-state index is 0.103. The molecule has 0 atom stereocenters. The molecule has 2 aromatic heterocycles. The number of aromatic nitrogens is 2. The Kier molecular flexibility index (Phi) is 4.30. The average molecular weight is 332 g/mol. The first-order valence-electron chi connectivity index (χ1n) is 7.21. The maximum Gasteiger partial charge on any atom is 0.255 e. The number of fused-ring (bicyclic) bond motifs is 1. The number of pyridine rings is 1. The van der Waals surface area contributed by atoms with Gasteiger partial charge in [0.25, 0.3) is 5.91 Å². The van der Waals surface area contributed by atoms with E-state index in [-0.39, 0.29) is 10.6 Å². The molecule has 118 valence electrons. The fourth-order valence-electron chi connectivity index (χ4n) is 2.43. The van der Waals surface area contributed by atoms with Crippen molar-refractivity contribution in [3.05, 3.63) is 70.4 Å². The number of nitrogens with zero attached hydrogens (tertiary/aromatic N) is 2. The Morgan fingerprint density at radius 3 is 2.91 bits per heavy atom. The normalized spacial score (nSPS) is 10.9. The molecule has 0 aliphatic heterocycles. The number of imidazole rings is 1. The van der Waals surface area contributed by atoms with Gasteiger partial charge in [0.2, 0.25) is 0 Å². The van der Waals surface area contributed by atoms with Crippen molar-refractivity contribution in [3.8, 4) is 0 Å². The highest BCUT2D eigenvalue weighted by molar-refractivity contribution is 6.33. The highest BCUT2D eigenvalue weighted by Crippen LogP contribution is 2.18. The lowest BCUT2D eigenvalue weighted by atomic mass is 10.2. The maximum atomic E-state index is 13.7. The predicted molar refractivity (Wildman–Crippen MR) is 87.4 cm³/mol. The molecule has 0 unspecified atom stereocenters. The summed E-state index contributed by atoms with van der Waals surface area (Å²) in [5.41, 5.74) is 2.71. The summed E-state index contributed by atoms with van der Waals surface area (Å²) in [6, 6.07) is 8.12. The van der Waals surface area contributed by atoms with Crippen LogP contribution < -0.4 is 5.32 Å².